The Morgan fingerprint density at radius 3 is 2.79 bits per heavy atom. The third-order valence-electron chi connectivity index (χ3n) is 3.27. The van der Waals surface area contributed by atoms with Gasteiger partial charge in [0.2, 0.25) is 0 Å². The lowest BCUT2D eigenvalue weighted by molar-refractivity contribution is -0.0605. The van der Waals surface area contributed by atoms with Crippen LogP contribution in [0.3, 0.4) is 0 Å². The van der Waals surface area contributed by atoms with Crippen molar-refractivity contribution in [3.8, 4) is 0 Å². The number of nitrogen functional groups attached to an aromatic ring is 1. The lowest BCUT2D eigenvalue weighted by Gasteiger charge is -2.32. The number of rotatable bonds is 3. The maximum absolute atomic E-state index is 12.1. The van der Waals surface area contributed by atoms with Gasteiger partial charge in [0.1, 0.15) is 0 Å². The number of hydrogen-bond donors (Lipinski definition) is 3. The Balaban J connectivity index is 2.01. The molecule has 0 unspecified atom stereocenters. The molecular weight excluding hydrogens is 268 g/mol. The zero-order chi connectivity index (χ0) is 13.9. The third-order valence-corrected chi connectivity index (χ3v) is 3.59. The van der Waals surface area contributed by atoms with E-state index in [4.69, 9.17) is 22.1 Å². The molecule has 5 nitrogen and oxygen atoms in total. The second-order valence-electron chi connectivity index (χ2n) is 4.72. The first-order valence-corrected chi connectivity index (χ1v) is 6.52. The highest BCUT2D eigenvalue weighted by Gasteiger charge is 2.30. The molecule has 1 amide bonds. The summed E-state index contributed by atoms with van der Waals surface area (Å²) in [5, 5.41) is 13.2. The van der Waals surface area contributed by atoms with Crippen molar-refractivity contribution in [2.24, 2.45) is 0 Å². The number of nitrogens with two attached hydrogens (primary N) is 1. The first-order chi connectivity index (χ1) is 9.02. The Morgan fingerprint density at radius 2 is 2.16 bits per heavy atom. The van der Waals surface area contributed by atoms with Crippen molar-refractivity contribution in [1.82, 2.24) is 5.32 Å². The van der Waals surface area contributed by atoms with Crippen LogP contribution >= 0.6 is 11.6 Å². The molecule has 0 saturated carbocycles. The number of hydrogen-bond acceptors (Lipinski definition) is 4. The van der Waals surface area contributed by atoms with Gasteiger partial charge in [0.15, 0.2) is 0 Å². The lowest BCUT2D eigenvalue weighted by atomic mass is 9.94. The van der Waals surface area contributed by atoms with Crippen molar-refractivity contribution in [2.45, 2.75) is 18.4 Å². The van der Waals surface area contributed by atoms with Crippen molar-refractivity contribution in [1.29, 1.82) is 0 Å². The molecule has 1 aromatic rings. The van der Waals surface area contributed by atoms with E-state index in [2.05, 4.69) is 5.32 Å². The Morgan fingerprint density at radius 1 is 1.47 bits per heavy atom. The Labute approximate surface area is 116 Å². The molecule has 2 rings (SSSR count). The molecule has 0 atom stereocenters. The van der Waals surface area contributed by atoms with Gasteiger partial charge in [-0.1, -0.05) is 17.7 Å². The predicted octanol–water partition coefficient (Wildman–Crippen LogP) is 1.19. The number of carbonyl (C=O) groups is 1. The lowest BCUT2D eigenvalue weighted by Crippen LogP contribution is -2.46. The van der Waals surface area contributed by atoms with Crippen LogP contribution in [0.1, 0.15) is 23.2 Å². The van der Waals surface area contributed by atoms with Gasteiger partial charge in [-0.15, -0.1) is 0 Å². The largest absolute Gasteiger partial charge is 0.398 e. The molecule has 104 valence electrons. The summed E-state index contributed by atoms with van der Waals surface area (Å²) in [6, 6.07) is 4.90. The summed E-state index contributed by atoms with van der Waals surface area (Å²) in [4.78, 5) is 12.1. The highest BCUT2D eigenvalue weighted by atomic mass is 35.5. The van der Waals surface area contributed by atoms with Gasteiger partial charge in [0.05, 0.1) is 16.2 Å². The highest BCUT2D eigenvalue weighted by Crippen LogP contribution is 2.23. The summed E-state index contributed by atoms with van der Waals surface area (Å²) in [5.74, 6) is -0.372. The number of carbonyl (C=O) groups excluding carboxylic acids is 1. The number of nitrogens with one attached hydrogen (secondary N) is 1. The minimum absolute atomic E-state index is 0.167. The van der Waals surface area contributed by atoms with Crippen LogP contribution in [0.15, 0.2) is 18.2 Å². The Hall–Kier alpha value is -1.30. The first-order valence-electron chi connectivity index (χ1n) is 6.14. The van der Waals surface area contributed by atoms with Crippen molar-refractivity contribution in [3.05, 3.63) is 28.8 Å². The summed E-state index contributed by atoms with van der Waals surface area (Å²) in [7, 11) is 0. The van der Waals surface area contributed by atoms with E-state index in [1.807, 2.05) is 0 Å². The van der Waals surface area contributed by atoms with Gasteiger partial charge in [0, 0.05) is 38.3 Å². The topological polar surface area (TPSA) is 84.6 Å². The molecule has 1 aliphatic rings. The summed E-state index contributed by atoms with van der Waals surface area (Å²) >= 11 is 5.96. The van der Waals surface area contributed by atoms with Gasteiger partial charge >= 0.3 is 0 Å². The molecule has 1 fully saturated rings. The highest BCUT2D eigenvalue weighted by molar-refractivity contribution is 6.34. The predicted molar refractivity (Wildman–Crippen MR) is 73.2 cm³/mol. The quantitative estimate of drug-likeness (QED) is 0.728. The van der Waals surface area contributed by atoms with Crippen LogP contribution < -0.4 is 11.1 Å². The van der Waals surface area contributed by atoms with Gasteiger partial charge in [-0.05, 0) is 12.1 Å². The average Bonchev–Trinajstić information content (AvgIpc) is 2.37. The number of benzene rings is 1. The number of aliphatic hydroxyl groups is 1. The van der Waals surface area contributed by atoms with E-state index < -0.39 is 5.60 Å². The van der Waals surface area contributed by atoms with Crippen LogP contribution in [0.2, 0.25) is 5.02 Å². The molecule has 0 bridgehead atoms. The van der Waals surface area contributed by atoms with Gasteiger partial charge in [-0.2, -0.15) is 0 Å². The van der Waals surface area contributed by atoms with Crippen molar-refractivity contribution < 1.29 is 14.6 Å². The van der Waals surface area contributed by atoms with E-state index in [9.17, 15) is 9.90 Å². The Bertz CT molecular complexity index is 453. The van der Waals surface area contributed by atoms with E-state index in [1.54, 1.807) is 18.2 Å². The van der Waals surface area contributed by atoms with E-state index in [0.717, 1.165) is 0 Å². The zero-order valence-electron chi connectivity index (χ0n) is 10.5. The van der Waals surface area contributed by atoms with E-state index in [0.29, 0.717) is 36.8 Å². The van der Waals surface area contributed by atoms with Crippen LogP contribution in [-0.4, -0.2) is 36.4 Å². The fraction of sp³-hybridized carbons (Fsp3) is 0.462. The minimum Gasteiger partial charge on any atom is -0.398 e. The van der Waals surface area contributed by atoms with E-state index in [1.165, 1.54) is 0 Å². The second kappa shape index (κ2) is 5.77. The monoisotopic (exact) mass is 284 g/mol. The Kier molecular flexibility index (Phi) is 4.29. The third kappa shape index (κ3) is 3.37. The zero-order valence-corrected chi connectivity index (χ0v) is 11.2. The van der Waals surface area contributed by atoms with E-state index >= 15 is 0 Å². The van der Waals surface area contributed by atoms with Crippen molar-refractivity contribution >= 4 is 23.2 Å². The van der Waals surface area contributed by atoms with Gasteiger partial charge in [-0.25, -0.2) is 0 Å². The fourth-order valence-corrected chi connectivity index (χ4v) is 2.31. The van der Waals surface area contributed by atoms with Gasteiger partial charge in [-0.3, -0.25) is 4.79 Å². The number of halogens is 1. The molecule has 4 N–H and O–H groups in total. The molecule has 1 saturated heterocycles. The average molecular weight is 285 g/mol. The van der Waals surface area contributed by atoms with Crippen LogP contribution in [-0.2, 0) is 4.74 Å². The molecule has 0 spiro atoms. The first kappa shape index (κ1) is 14.1. The molecule has 19 heavy (non-hydrogen) atoms. The molecule has 0 aromatic heterocycles. The maximum Gasteiger partial charge on any atom is 0.254 e. The summed E-state index contributed by atoms with van der Waals surface area (Å²) < 4.78 is 5.18. The molecule has 1 aliphatic heterocycles. The van der Waals surface area contributed by atoms with Crippen LogP contribution in [0.5, 0.6) is 0 Å². The molecule has 0 aliphatic carbocycles. The van der Waals surface area contributed by atoms with Crippen LogP contribution in [0.25, 0.3) is 0 Å². The summed E-state index contributed by atoms with van der Waals surface area (Å²) in [6.07, 6.45) is 1.01. The SMILES string of the molecule is Nc1cccc(Cl)c1C(=O)NCC1(O)CCOCC1. The van der Waals surface area contributed by atoms with Crippen LogP contribution in [0, 0.1) is 0 Å². The molecule has 1 heterocycles. The fourth-order valence-electron chi connectivity index (χ4n) is 2.04. The summed E-state index contributed by atoms with van der Waals surface area (Å²) in [5.41, 5.74) is 5.40. The summed E-state index contributed by atoms with van der Waals surface area (Å²) in [6.45, 7) is 1.17. The standard InChI is InChI=1S/C13H17ClN2O3/c14-9-2-1-3-10(15)11(9)12(17)16-8-13(18)4-6-19-7-5-13/h1-3,18H,4-8,15H2,(H,16,17). The normalized spacial score (nSPS) is 18.0. The number of ether oxygens (including phenoxy) is 1. The van der Waals surface area contributed by atoms with Gasteiger partial charge in [0.25, 0.3) is 5.91 Å². The smallest absolute Gasteiger partial charge is 0.254 e. The van der Waals surface area contributed by atoms with Crippen molar-refractivity contribution in [2.75, 3.05) is 25.5 Å². The molecule has 1 aromatic carbocycles. The number of amides is 1. The molecular formula is C13H17ClN2O3. The van der Waals surface area contributed by atoms with Crippen molar-refractivity contribution in [3.63, 3.8) is 0 Å². The number of anilines is 1. The maximum atomic E-state index is 12.1. The van der Waals surface area contributed by atoms with E-state index in [-0.39, 0.29) is 18.0 Å². The second-order valence-corrected chi connectivity index (χ2v) is 5.13. The molecule has 0 radical (unpaired) electrons. The van der Waals surface area contributed by atoms with Crippen LogP contribution in [0.4, 0.5) is 5.69 Å². The minimum atomic E-state index is -0.913. The molecule has 6 heteroatoms. The van der Waals surface area contributed by atoms with Gasteiger partial charge < -0.3 is 20.9 Å².